The fourth-order valence-corrected chi connectivity index (χ4v) is 4.29. The van der Waals surface area contributed by atoms with Crippen LogP contribution in [-0.2, 0) is 11.3 Å². The molecule has 6 rings (SSSR count). The fourth-order valence-electron chi connectivity index (χ4n) is 4.29. The number of aromatic nitrogens is 4. The molecule has 2 aromatic carbocycles. The van der Waals surface area contributed by atoms with Crippen LogP contribution >= 0.6 is 0 Å². The number of benzene rings is 2. The van der Waals surface area contributed by atoms with Gasteiger partial charge in [-0.3, -0.25) is 14.9 Å². The third-order valence-corrected chi connectivity index (χ3v) is 6.41. The van der Waals surface area contributed by atoms with Crippen molar-refractivity contribution in [2.24, 2.45) is 0 Å². The van der Waals surface area contributed by atoms with Crippen molar-refractivity contribution in [3.8, 4) is 11.1 Å². The average molecular weight is 527 g/mol. The number of Topliss-reactive ketones (excluding diaryl/α,β-unsaturated/α-hetero) is 1. The van der Waals surface area contributed by atoms with E-state index in [-0.39, 0.29) is 30.0 Å². The molecule has 2 aliphatic rings. The summed E-state index contributed by atoms with van der Waals surface area (Å²) >= 11 is 0. The van der Waals surface area contributed by atoms with Crippen LogP contribution in [-0.4, -0.2) is 43.3 Å². The standard InChI is InChI=1S/C27H23FN8O3/c1-14(37)15-3-2-4-16(9-15)21-8-5-19(28)10-17(21)12-29-25-33-23-18(11-22-24(38)34-27(39)32-22)13-30-36(23)26(35-25)31-20-6-7-20/h2-5,8-11,13,20H,6-7,12H2,1H3,(H2,29,31,33,35)(H2,32,34,38,39)/b22-11-. The molecule has 4 N–H and O–H groups in total. The Morgan fingerprint density at radius 1 is 1.15 bits per heavy atom. The first kappa shape index (κ1) is 24.2. The van der Waals surface area contributed by atoms with Crippen LogP contribution in [0.3, 0.4) is 0 Å². The van der Waals surface area contributed by atoms with Crippen molar-refractivity contribution in [3.05, 3.63) is 76.9 Å². The van der Waals surface area contributed by atoms with Crippen molar-refractivity contribution in [1.29, 1.82) is 0 Å². The van der Waals surface area contributed by atoms with Gasteiger partial charge in [-0.1, -0.05) is 24.3 Å². The lowest BCUT2D eigenvalue weighted by atomic mass is 9.97. The van der Waals surface area contributed by atoms with Gasteiger partial charge in [0.05, 0.1) is 6.20 Å². The Bertz CT molecular complexity index is 1690. The Morgan fingerprint density at radius 3 is 2.74 bits per heavy atom. The van der Waals surface area contributed by atoms with Crippen molar-refractivity contribution in [2.75, 3.05) is 10.6 Å². The maximum Gasteiger partial charge on any atom is 0.326 e. The van der Waals surface area contributed by atoms with Crippen molar-refractivity contribution in [1.82, 2.24) is 30.2 Å². The molecule has 3 heterocycles. The van der Waals surface area contributed by atoms with Gasteiger partial charge in [0.25, 0.3) is 5.91 Å². The topological polar surface area (TPSA) is 142 Å². The molecule has 2 aromatic heterocycles. The van der Waals surface area contributed by atoms with Gasteiger partial charge in [-0.25, -0.2) is 9.18 Å². The normalized spacial score (nSPS) is 15.9. The smallest absolute Gasteiger partial charge is 0.326 e. The molecule has 1 saturated heterocycles. The molecule has 0 bridgehead atoms. The van der Waals surface area contributed by atoms with E-state index in [1.807, 2.05) is 6.07 Å². The summed E-state index contributed by atoms with van der Waals surface area (Å²) in [5.74, 6) is -0.276. The first-order valence-corrected chi connectivity index (χ1v) is 12.3. The number of ketones is 1. The lowest BCUT2D eigenvalue weighted by Gasteiger charge is -2.13. The summed E-state index contributed by atoms with van der Waals surface area (Å²) in [6.45, 7) is 1.69. The third kappa shape index (κ3) is 5.04. The lowest BCUT2D eigenvalue weighted by Crippen LogP contribution is -2.22. The quantitative estimate of drug-likeness (QED) is 0.155. The number of rotatable bonds is 8. The van der Waals surface area contributed by atoms with Crippen molar-refractivity contribution >= 4 is 41.3 Å². The van der Waals surface area contributed by atoms with E-state index in [9.17, 15) is 18.8 Å². The van der Waals surface area contributed by atoms with Gasteiger partial charge in [0, 0.05) is 23.7 Å². The highest BCUT2D eigenvalue weighted by atomic mass is 19.1. The number of nitrogens with zero attached hydrogens (tertiary/aromatic N) is 4. The predicted molar refractivity (Wildman–Crippen MR) is 141 cm³/mol. The molecule has 0 atom stereocenters. The molecule has 0 unspecified atom stereocenters. The largest absolute Gasteiger partial charge is 0.351 e. The average Bonchev–Trinajstić information content (AvgIpc) is 3.55. The molecule has 4 aromatic rings. The molecule has 1 aliphatic heterocycles. The van der Waals surface area contributed by atoms with E-state index in [2.05, 4.69) is 36.3 Å². The highest BCUT2D eigenvalue weighted by Gasteiger charge is 2.26. The van der Waals surface area contributed by atoms with E-state index >= 15 is 0 Å². The van der Waals surface area contributed by atoms with Crippen LogP contribution in [0, 0.1) is 5.82 Å². The molecule has 11 nitrogen and oxygen atoms in total. The Morgan fingerprint density at radius 2 is 2.00 bits per heavy atom. The van der Waals surface area contributed by atoms with Crippen LogP contribution in [0.2, 0.25) is 0 Å². The Hall–Kier alpha value is -5.13. The highest BCUT2D eigenvalue weighted by molar-refractivity contribution is 6.14. The number of carbonyl (C=O) groups excluding carboxylic acids is 3. The number of fused-ring (bicyclic) bond motifs is 1. The van der Waals surface area contributed by atoms with E-state index in [1.54, 1.807) is 24.3 Å². The summed E-state index contributed by atoms with van der Waals surface area (Å²) < 4.78 is 15.8. The molecule has 12 heteroatoms. The van der Waals surface area contributed by atoms with Gasteiger partial charge in [-0.2, -0.15) is 19.6 Å². The number of hydrogen-bond acceptors (Lipinski definition) is 8. The van der Waals surface area contributed by atoms with Gasteiger partial charge in [-0.15, -0.1) is 0 Å². The minimum absolute atomic E-state index is 0.0581. The Labute approximate surface area is 221 Å². The van der Waals surface area contributed by atoms with Gasteiger partial charge in [0.1, 0.15) is 11.5 Å². The van der Waals surface area contributed by atoms with Gasteiger partial charge in [0.2, 0.25) is 11.9 Å². The zero-order valence-electron chi connectivity index (χ0n) is 20.8. The third-order valence-electron chi connectivity index (χ3n) is 6.41. The van der Waals surface area contributed by atoms with Crippen molar-refractivity contribution < 1.29 is 18.8 Å². The number of carbonyl (C=O) groups is 3. The van der Waals surface area contributed by atoms with E-state index in [0.29, 0.717) is 28.3 Å². The summed E-state index contributed by atoms with van der Waals surface area (Å²) in [7, 11) is 0. The maximum absolute atomic E-state index is 14.3. The van der Waals surface area contributed by atoms with Crippen molar-refractivity contribution in [2.45, 2.75) is 32.4 Å². The summed E-state index contributed by atoms with van der Waals surface area (Å²) in [6.07, 6.45) is 5.03. The van der Waals surface area contributed by atoms with Crippen LogP contribution in [0.1, 0.15) is 41.3 Å². The molecule has 1 saturated carbocycles. The zero-order valence-corrected chi connectivity index (χ0v) is 20.8. The first-order valence-electron chi connectivity index (χ1n) is 12.3. The summed E-state index contributed by atoms with van der Waals surface area (Å²) in [6, 6.07) is 11.3. The highest BCUT2D eigenvalue weighted by Crippen LogP contribution is 2.28. The predicted octanol–water partition coefficient (Wildman–Crippen LogP) is 3.50. The summed E-state index contributed by atoms with van der Waals surface area (Å²) in [5, 5.41) is 15.5. The summed E-state index contributed by atoms with van der Waals surface area (Å²) in [5.41, 5.74) is 3.75. The monoisotopic (exact) mass is 526 g/mol. The van der Waals surface area contributed by atoms with Crippen LogP contribution in [0.5, 0.6) is 0 Å². The molecule has 2 fully saturated rings. The van der Waals surface area contributed by atoms with Gasteiger partial charge in [0.15, 0.2) is 11.4 Å². The number of halogens is 1. The number of nitrogens with one attached hydrogen (secondary N) is 4. The molecule has 3 amide bonds. The number of hydrogen-bond donors (Lipinski definition) is 4. The van der Waals surface area contributed by atoms with E-state index < -0.39 is 17.8 Å². The maximum atomic E-state index is 14.3. The SMILES string of the molecule is CC(=O)c1cccc(-c2ccc(F)cc2CNc2nc(NC3CC3)n3ncc(/C=C4\NC(=O)NC4=O)c3n2)c1. The molecule has 1 aliphatic carbocycles. The minimum atomic E-state index is -0.601. The van der Waals surface area contributed by atoms with E-state index in [1.165, 1.54) is 35.8 Å². The molecule has 0 radical (unpaired) electrons. The minimum Gasteiger partial charge on any atom is -0.351 e. The van der Waals surface area contributed by atoms with Crippen LogP contribution in [0.4, 0.5) is 21.1 Å². The van der Waals surface area contributed by atoms with Gasteiger partial charge < -0.3 is 16.0 Å². The molecule has 196 valence electrons. The Balaban J connectivity index is 1.35. The number of amides is 3. The number of anilines is 2. The first-order chi connectivity index (χ1) is 18.8. The molecule has 39 heavy (non-hydrogen) atoms. The Kier molecular flexibility index (Phi) is 5.98. The van der Waals surface area contributed by atoms with Crippen LogP contribution < -0.4 is 21.3 Å². The van der Waals surface area contributed by atoms with Gasteiger partial charge >= 0.3 is 6.03 Å². The van der Waals surface area contributed by atoms with E-state index in [0.717, 1.165) is 24.0 Å². The lowest BCUT2D eigenvalue weighted by molar-refractivity contribution is -0.115. The second-order valence-electron chi connectivity index (χ2n) is 9.38. The van der Waals surface area contributed by atoms with Crippen LogP contribution in [0.15, 0.2) is 54.4 Å². The van der Waals surface area contributed by atoms with Crippen molar-refractivity contribution in [3.63, 3.8) is 0 Å². The molecular formula is C27H23FN8O3. The second kappa shape index (κ2) is 9.63. The fraction of sp³-hybridized carbons (Fsp3) is 0.185. The zero-order chi connectivity index (χ0) is 27.1. The van der Waals surface area contributed by atoms with E-state index in [4.69, 9.17) is 0 Å². The summed E-state index contributed by atoms with van der Waals surface area (Å²) in [4.78, 5) is 44.6. The molecule has 0 spiro atoms. The molecular weight excluding hydrogens is 503 g/mol. The number of imide groups is 1. The van der Waals surface area contributed by atoms with Gasteiger partial charge in [-0.05, 0) is 60.7 Å². The second-order valence-corrected chi connectivity index (χ2v) is 9.38. The number of urea groups is 1. The van der Waals surface area contributed by atoms with Crippen LogP contribution in [0.25, 0.3) is 22.9 Å².